The summed E-state index contributed by atoms with van der Waals surface area (Å²) >= 11 is 2.05. The third kappa shape index (κ3) is 4.16. The number of rotatable bonds is 4. The van der Waals surface area contributed by atoms with Gasteiger partial charge in [0.2, 0.25) is 0 Å². The predicted octanol–water partition coefficient (Wildman–Crippen LogP) is 3.50. The molecule has 0 bridgehead atoms. The van der Waals surface area contributed by atoms with Crippen LogP contribution in [0.4, 0.5) is 0 Å². The fraction of sp³-hybridized carbons (Fsp3) is 0.647. The van der Waals surface area contributed by atoms with Crippen LogP contribution < -0.4 is 10.1 Å². The number of thioether (sulfide) groups is 1. The maximum atomic E-state index is 6.07. The molecule has 1 unspecified atom stereocenters. The smallest absolute Gasteiger partial charge is 0.119 e. The molecule has 3 heteroatoms. The number of nitrogens with one attached hydrogen (secondary N) is 1. The van der Waals surface area contributed by atoms with Crippen molar-refractivity contribution in [2.24, 2.45) is 5.92 Å². The van der Waals surface area contributed by atoms with E-state index in [4.69, 9.17) is 4.74 Å². The largest absolute Gasteiger partial charge is 0.490 e. The first kappa shape index (κ1) is 14.3. The van der Waals surface area contributed by atoms with Crippen molar-refractivity contribution < 1.29 is 4.74 Å². The summed E-state index contributed by atoms with van der Waals surface area (Å²) in [4.78, 5) is 0. The van der Waals surface area contributed by atoms with Crippen molar-refractivity contribution in [3.05, 3.63) is 29.8 Å². The number of piperidine rings is 1. The molecule has 1 aromatic rings. The van der Waals surface area contributed by atoms with E-state index in [1.165, 1.54) is 62.3 Å². The molecule has 1 atom stereocenters. The maximum absolute atomic E-state index is 6.07. The second-order valence-corrected chi connectivity index (χ2v) is 7.21. The molecule has 1 N–H and O–H groups in total. The molecule has 2 aliphatic heterocycles. The Kier molecular flexibility index (Phi) is 5.26. The van der Waals surface area contributed by atoms with Crippen LogP contribution in [0.5, 0.6) is 5.75 Å². The fourth-order valence-electron chi connectivity index (χ4n) is 3.12. The Bertz CT molecular complexity index is 355. The molecule has 2 heterocycles. The summed E-state index contributed by atoms with van der Waals surface area (Å²) in [5.41, 5.74) is 1.45. The molecule has 1 aromatic carbocycles. The number of hydrogen-bond acceptors (Lipinski definition) is 3. The predicted molar refractivity (Wildman–Crippen MR) is 86.7 cm³/mol. The van der Waals surface area contributed by atoms with Gasteiger partial charge in [0.1, 0.15) is 11.9 Å². The van der Waals surface area contributed by atoms with Crippen LogP contribution in [0.25, 0.3) is 0 Å². The average molecular weight is 291 g/mol. The molecule has 2 saturated heterocycles. The number of benzene rings is 1. The van der Waals surface area contributed by atoms with Gasteiger partial charge in [-0.25, -0.2) is 0 Å². The zero-order valence-corrected chi connectivity index (χ0v) is 13.0. The van der Waals surface area contributed by atoms with Crippen LogP contribution in [-0.2, 0) is 6.42 Å². The molecule has 20 heavy (non-hydrogen) atoms. The Hall–Kier alpha value is -0.670. The van der Waals surface area contributed by atoms with Crippen LogP contribution in [-0.4, -0.2) is 30.7 Å². The molecule has 2 aliphatic rings. The second kappa shape index (κ2) is 7.37. The summed E-state index contributed by atoms with van der Waals surface area (Å²) in [6.45, 7) is 2.38. The van der Waals surface area contributed by atoms with E-state index < -0.39 is 0 Å². The molecule has 0 amide bonds. The van der Waals surface area contributed by atoms with E-state index >= 15 is 0 Å². The highest BCUT2D eigenvalue weighted by Crippen LogP contribution is 2.24. The van der Waals surface area contributed by atoms with Crippen LogP contribution in [0.3, 0.4) is 0 Å². The highest BCUT2D eigenvalue weighted by molar-refractivity contribution is 7.99. The van der Waals surface area contributed by atoms with Gasteiger partial charge in [-0.3, -0.25) is 0 Å². The van der Waals surface area contributed by atoms with Gasteiger partial charge < -0.3 is 10.1 Å². The van der Waals surface area contributed by atoms with Gasteiger partial charge in [0.25, 0.3) is 0 Å². The van der Waals surface area contributed by atoms with E-state index in [0.29, 0.717) is 6.10 Å². The third-order valence-corrected chi connectivity index (χ3v) is 5.37. The van der Waals surface area contributed by atoms with Gasteiger partial charge in [-0.15, -0.1) is 0 Å². The summed E-state index contributed by atoms with van der Waals surface area (Å²) in [6.07, 6.45) is 6.72. The van der Waals surface area contributed by atoms with Gasteiger partial charge in [0.15, 0.2) is 0 Å². The number of ether oxygens (including phenoxy) is 1. The summed E-state index contributed by atoms with van der Waals surface area (Å²) < 4.78 is 6.07. The van der Waals surface area contributed by atoms with Crippen LogP contribution in [0.2, 0.25) is 0 Å². The molecule has 0 saturated carbocycles. The molecule has 0 spiro atoms. The highest BCUT2D eigenvalue weighted by atomic mass is 32.2. The van der Waals surface area contributed by atoms with Crippen molar-refractivity contribution in [2.45, 2.75) is 38.2 Å². The SMILES string of the molecule is c1cc(OC2CCSCC2)ccc1CC1CCCNC1. The molecular weight excluding hydrogens is 266 g/mol. The van der Waals surface area contributed by atoms with Crippen molar-refractivity contribution in [3.8, 4) is 5.75 Å². The van der Waals surface area contributed by atoms with Crippen LogP contribution in [0.1, 0.15) is 31.2 Å². The zero-order chi connectivity index (χ0) is 13.6. The van der Waals surface area contributed by atoms with E-state index in [-0.39, 0.29) is 0 Å². The normalized spacial score (nSPS) is 24.5. The topological polar surface area (TPSA) is 21.3 Å². The van der Waals surface area contributed by atoms with Crippen LogP contribution in [0.15, 0.2) is 24.3 Å². The van der Waals surface area contributed by atoms with E-state index in [9.17, 15) is 0 Å². The van der Waals surface area contributed by atoms with Crippen LogP contribution in [0, 0.1) is 5.92 Å². The Labute approximate surface area is 126 Å². The van der Waals surface area contributed by atoms with E-state index in [0.717, 1.165) is 11.7 Å². The fourth-order valence-corrected chi connectivity index (χ4v) is 4.19. The monoisotopic (exact) mass is 291 g/mol. The molecule has 0 aromatic heterocycles. The summed E-state index contributed by atoms with van der Waals surface area (Å²) in [5.74, 6) is 4.35. The Balaban J connectivity index is 1.51. The minimum Gasteiger partial charge on any atom is -0.490 e. The highest BCUT2D eigenvalue weighted by Gasteiger charge is 2.16. The lowest BCUT2D eigenvalue weighted by Gasteiger charge is -2.24. The minimum absolute atomic E-state index is 0.435. The molecular formula is C17H25NOS. The van der Waals surface area contributed by atoms with Gasteiger partial charge in [-0.1, -0.05) is 12.1 Å². The van der Waals surface area contributed by atoms with Gasteiger partial charge in [-0.05, 0) is 80.3 Å². The van der Waals surface area contributed by atoms with Crippen molar-refractivity contribution in [1.29, 1.82) is 0 Å². The minimum atomic E-state index is 0.435. The molecule has 3 rings (SSSR count). The van der Waals surface area contributed by atoms with Crippen molar-refractivity contribution >= 4 is 11.8 Å². The number of hydrogen-bond donors (Lipinski definition) is 1. The Morgan fingerprint density at radius 1 is 1.10 bits per heavy atom. The van der Waals surface area contributed by atoms with Gasteiger partial charge >= 0.3 is 0 Å². The van der Waals surface area contributed by atoms with Crippen LogP contribution >= 0.6 is 11.8 Å². The van der Waals surface area contributed by atoms with Gasteiger partial charge in [0.05, 0.1) is 0 Å². The third-order valence-electron chi connectivity index (χ3n) is 4.32. The molecule has 0 radical (unpaired) electrons. The molecule has 2 nitrogen and oxygen atoms in total. The lowest BCUT2D eigenvalue weighted by atomic mass is 9.92. The summed E-state index contributed by atoms with van der Waals surface area (Å²) in [5, 5.41) is 3.49. The summed E-state index contributed by atoms with van der Waals surface area (Å²) in [7, 11) is 0. The van der Waals surface area contributed by atoms with E-state index in [1.54, 1.807) is 0 Å². The van der Waals surface area contributed by atoms with Crippen molar-refractivity contribution in [2.75, 3.05) is 24.6 Å². The zero-order valence-electron chi connectivity index (χ0n) is 12.1. The quantitative estimate of drug-likeness (QED) is 0.917. The lowest BCUT2D eigenvalue weighted by molar-refractivity contribution is 0.192. The second-order valence-electron chi connectivity index (χ2n) is 5.99. The van der Waals surface area contributed by atoms with Gasteiger partial charge in [0, 0.05) is 0 Å². The molecule has 2 fully saturated rings. The summed E-state index contributed by atoms with van der Waals surface area (Å²) in [6, 6.07) is 8.82. The Morgan fingerprint density at radius 2 is 1.90 bits per heavy atom. The first-order chi connectivity index (χ1) is 9.90. The first-order valence-electron chi connectivity index (χ1n) is 7.94. The van der Waals surface area contributed by atoms with E-state index in [2.05, 4.69) is 29.6 Å². The maximum Gasteiger partial charge on any atom is 0.119 e. The Morgan fingerprint density at radius 3 is 2.60 bits per heavy atom. The molecule has 0 aliphatic carbocycles. The lowest BCUT2D eigenvalue weighted by Crippen LogP contribution is -2.30. The first-order valence-corrected chi connectivity index (χ1v) is 9.10. The van der Waals surface area contributed by atoms with E-state index in [1.807, 2.05) is 11.8 Å². The van der Waals surface area contributed by atoms with Gasteiger partial charge in [-0.2, -0.15) is 11.8 Å². The standard InChI is InChI=1S/C17H25NOS/c1-2-15(13-18-9-1)12-14-3-5-16(6-4-14)19-17-7-10-20-11-8-17/h3-6,15,17-18H,1-2,7-13H2. The van der Waals surface area contributed by atoms with Crippen molar-refractivity contribution in [1.82, 2.24) is 5.32 Å². The van der Waals surface area contributed by atoms with Crippen molar-refractivity contribution in [3.63, 3.8) is 0 Å². The average Bonchev–Trinajstić information content (AvgIpc) is 2.51. The molecule has 110 valence electrons.